The number of amides is 1. The monoisotopic (exact) mass is 352 g/mol. The lowest BCUT2D eigenvalue weighted by atomic mass is 10.1. The number of nitrogens with two attached hydrogens (primary N) is 1. The molecule has 0 bridgehead atoms. The highest BCUT2D eigenvalue weighted by atomic mass is 79.9. The Labute approximate surface area is 131 Å². The van der Waals surface area contributed by atoms with Crippen LogP contribution in [0, 0.1) is 13.8 Å². The first-order valence-corrected chi connectivity index (χ1v) is 7.18. The van der Waals surface area contributed by atoms with Crippen molar-refractivity contribution in [3.05, 3.63) is 56.5 Å². The summed E-state index contributed by atoms with van der Waals surface area (Å²) in [5.74, 6) is -0.218. The van der Waals surface area contributed by atoms with E-state index in [9.17, 15) is 4.79 Å². The number of anilines is 2. The van der Waals surface area contributed by atoms with Crippen LogP contribution < -0.4 is 11.1 Å². The number of carbonyl (C=O) groups excluding carboxylic acids is 1. The number of hydrogen-bond acceptors (Lipinski definition) is 2. The summed E-state index contributed by atoms with van der Waals surface area (Å²) >= 11 is 9.28. The van der Waals surface area contributed by atoms with Gasteiger partial charge in [0.25, 0.3) is 5.91 Å². The van der Waals surface area contributed by atoms with E-state index in [0.29, 0.717) is 16.3 Å². The van der Waals surface area contributed by atoms with Crippen LogP contribution in [0.2, 0.25) is 5.02 Å². The van der Waals surface area contributed by atoms with Crippen LogP contribution in [0.15, 0.2) is 34.8 Å². The molecule has 2 rings (SSSR count). The lowest BCUT2D eigenvalue weighted by molar-refractivity contribution is 0.102. The van der Waals surface area contributed by atoms with Gasteiger partial charge in [0.15, 0.2) is 0 Å². The fraction of sp³-hybridized carbons (Fsp3) is 0.133. The second-order valence-electron chi connectivity index (χ2n) is 4.58. The molecule has 0 spiro atoms. The Balaban J connectivity index is 2.35. The molecule has 0 saturated carbocycles. The summed E-state index contributed by atoms with van der Waals surface area (Å²) in [4.78, 5) is 12.3. The number of carbonyl (C=O) groups is 1. The number of aryl methyl sites for hydroxylation is 1. The minimum absolute atomic E-state index is 0.218. The minimum atomic E-state index is -0.218. The summed E-state index contributed by atoms with van der Waals surface area (Å²) in [5, 5.41) is 3.40. The summed E-state index contributed by atoms with van der Waals surface area (Å²) in [6.07, 6.45) is 0. The van der Waals surface area contributed by atoms with Gasteiger partial charge in [-0.25, -0.2) is 0 Å². The van der Waals surface area contributed by atoms with Crippen LogP contribution in [0.3, 0.4) is 0 Å². The molecular formula is C15H14BrClN2O. The third-order valence-corrected chi connectivity index (χ3v) is 3.75. The molecule has 0 aliphatic heterocycles. The molecule has 2 aromatic carbocycles. The lowest BCUT2D eigenvalue weighted by Crippen LogP contribution is -2.14. The van der Waals surface area contributed by atoms with Gasteiger partial charge in [0.2, 0.25) is 0 Å². The molecule has 0 aromatic heterocycles. The second-order valence-corrected chi connectivity index (χ2v) is 5.94. The second kappa shape index (κ2) is 5.85. The van der Waals surface area contributed by atoms with E-state index in [4.69, 9.17) is 17.3 Å². The van der Waals surface area contributed by atoms with Crippen molar-refractivity contribution in [1.29, 1.82) is 0 Å². The van der Waals surface area contributed by atoms with Crippen molar-refractivity contribution in [1.82, 2.24) is 0 Å². The maximum Gasteiger partial charge on any atom is 0.255 e. The van der Waals surface area contributed by atoms with Crippen molar-refractivity contribution in [3.8, 4) is 0 Å². The molecular weight excluding hydrogens is 340 g/mol. The Morgan fingerprint density at radius 1 is 1.25 bits per heavy atom. The molecule has 0 fully saturated rings. The van der Waals surface area contributed by atoms with Crippen molar-refractivity contribution < 1.29 is 4.79 Å². The highest BCUT2D eigenvalue weighted by Crippen LogP contribution is 2.26. The zero-order valence-corrected chi connectivity index (χ0v) is 13.5. The number of benzene rings is 2. The van der Waals surface area contributed by atoms with Gasteiger partial charge in [-0.2, -0.15) is 0 Å². The topological polar surface area (TPSA) is 55.1 Å². The molecule has 1 amide bonds. The summed E-state index contributed by atoms with van der Waals surface area (Å²) in [6, 6.07) is 8.79. The number of hydrogen-bond donors (Lipinski definition) is 2. The van der Waals surface area contributed by atoms with Gasteiger partial charge in [-0.15, -0.1) is 0 Å². The third kappa shape index (κ3) is 3.14. The summed E-state index contributed by atoms with van der Waals surface area (Å²) < 4.78 is 0.760. The van der Waals surface area contributed by atoms with Crippen LogP contribution in [0.4, 0.5) is 11.4 Å². The first kappa shape index (κ1) is 14.9. The van der Waals surface area contributed by atoms with Gasteiger partial charge < -0.3 is 11.1 Å². The molecule has 3 N–H and O–H groups in total. The van der Waals surface area contributed by atoms with E-state index >= 15 is 0 Å². The predicted octanol–water partition coefficient (Wildman–Crippen LogP) is 4.55. The van der Waals surface area contributed by atoms with E-state index in [1.807, 2.05) is 26.0 Å². The SMILES string of the molecule is Cc1ccc(N)c(C)c1NC(=O)c1cc(Cl)cc(Br)c1. The summed E-state index contributed by atoms with van der Waals surface area (Å²) in [6.45, 7) is 3.81. The average molecular weight is 354 g/mol. The van der Waals surface area contributed by atoms with Gasteiger partial charge in [0, 0.05) is 26.4 Å². The van der Waals surface area contributed by atoms with Gasteiger partial charge in [-0.3, -0.25) is 4.79 Å². The van der Waals surface area contributed by atoms with Gasteiger partial charge >= 0.3 is 0 Å². The zero-order valence-electron chi connectivity index (χ0n) is 11.1. The van der Waals surface area contributed by atoms with Crippen molar-refractivity contribution in [2.75, 3.05) is 11.1 Å². The predicted molar refractivity (Wildman–Crippen MR) is 87.4 cm³/mol. The molecule has 0 saturated heterocycles. The molecule has 0 heterocycles. The molecule has 0 aliphatic rings. The fourth-order valence-corrected chi connectivity index (χ4v) is 2.79. The molecule has 20 heavy (non-hydrogen) atoms. The first-order valence-electron chi connectivity index (χ1n) is 6.01. The van der Waals surface area contributed by atoms with Crippen LogP contribution >= 0.6 is 27.5 Å². The fourth-order valence-electron chi connectivity index (χ4n) is 1.93. The van der Waals surface area contributed by atoms with E-state index < -0.39 is 0 Å². The maximum atomic E-state index is 12.3. The van der Waals surface area contributed by atoms with Crippen molar-refractivity contribution in [2.24, 2.45) is 0 Å². The van der Waals surface area contributed by atoms with Gasteiger partial charge in [-0.1, -0.05) is 33.6 Å². The molecule has 2 aromatic rings. The minimum Gasteiger partial charge on any atom is -0.398 e. The van der Waals surface area contributed by atoms with E-state index in [2.05, 4.69) is 21.2 Å². The molecule has 3 nitrogen and oxygen atoms in total. The Morgan fingerprint density at radius 3 is 2.60 bits per heavy atom. The van der Waals surface area contributed by atoms with E-state index in [1.165, 1.54) is 0 Å². The van der Waals surface area contributed by atoms with E-state index in [1.54, 1.807) is 18.2 Å². The average Bonchev–Trinajstić information content (AvgIpc) is 2.38. The Bertz CT molecular complexity index is 666. The molecule has 0 atom stereocenters. The Kier molecular flexibility index (Phi) is 4.35. The van der Waals surface area contributed by atoms with Crippen molar-refractivity contribution in [2.45, 2.75) is 13.8 Å². The van der Waals surface area contributed by atoms with Crippen LogP contribution in [0.25, 0.3) is 0 Å². The van der Waals surface area contributed by atoms with Crippen LogP contribution in [-0.2, 0) is 0 Å². The standard InChI is InChI=1S/C15H14BrClN2O/c1-8-3-4-13(18)9(2)14(8)19-15(20)10-5-11(16)7-12(17)6-10/h3-7H,18H2,1-2H3,(H,19,20). The summed E-state index contributed by atoms with van der Waals surface area (Å²) in [7, 11) is 0. The molecule has 104 valence electrons. The maximum absolute atomic E-state index is 12.3. The smallest absolute Gasteiger partial charge is 0.255 e. The van der Waals surface area contributed by atoms with E-state index in [0.717, 1.165) is 21.3 Å². The Hall–Kier alpha value is -1.52. The van der Waals surface area contributed by atoms with Crippen LogP contribution in [-0.4, -0.2) is 5.91 Å². The Morgan fingerprint density at radius 2 is 1.95 bits per heavy atom. The number of halogens is 2. The highest BCUT2D eigenvalue weighted by Gasteiger charge is 2.12. The molecule has 0 unspecified atom stereocenters. The van der Waals surface area contributed by atoms with Gasteiger partial charge in [0.1, 0.15) is 0 Å². The highest BCUT2D eigenvalue weighted by molar-refractivity contribution is 9.10. The number of nitrogen functional groups attached to an aromatic ring is 1. The summed E-state index contributed by atoms with van der Waals surface area (Å²) in [5.41, 5.74) is 9.58. The quantitative estimate of drug-likeness (QED) is 0.778. The first-order chi connectivity index (χ1) is 9.38. The number of nitrogens with one attached hydrogen (secondary N) is 1. The number of rotatable bonds is 2. The largest absolute Gasteiger partial charge is 0.398 e. The van der Waals surface area contributed by atoms with Crippen molar-refractivity contribution >= 4 is 44.8 Å². The molecule has 0 aliphatic carbocycles. The van der Waals surface area contributed by atoms with Crippen LogP contribution in [0.1, 0.15) is 21.5 Å². The van der Waals surface area contributed by atoms with Crippen molar-refractivity contribution in [3.63, 3.8) is 0 Å². The van der Waals surface area contributed by atoms with Crippen LogP contribution in [0.5, 0.6) is 0 Å². The van der Waals surface area contributed by atoms with Gasteiger partial charge in [0.05, 0.1) is 0 Å². The molecule has 0 radical (unpaired) electrons. The van der Waals surface area contributed by atoms with Gasteiger partial charge in [-0.05, 0) is 49.2 Å². The zero-order chi connectivity index (χ0) is 14.9. The van der Waals surface area contributed by atoms with E-state index in [-0.39, 0.29) is 5.91 Å². The normalized spacial score (nSPS) is 10.4. The molecule has 5 heteroatoms. The third-order valence-electron chi connectivity index (χ3n) is 3.08. The lowest BCUT2D eigenvalue weighted by Gasteiger charge is -2.13.